The maximum absolute atomic E-state index is 7.00. The Morgan fingerprint density at radius 1 is 1.00 bits per heavy atom. The maximum atomic E-state index is 7.00. The number of hydrogen-bond acceptors (Lipinski definition) is 3. The van der Waals surface area contributed by atoms with Crippen molar-refractivity contribution in [3.63, 3.8) is 0 Å². The molecule has 58 valence electrons. The molecule has 0 aliphatic heterocycles. The minimum atomic E-state index is 0. The average Bonchev–Trinajstić information content (AvgIpc) is 1.78. The second-order valence-corrected chi connectivity index (χ2v) is 0.408. The topological polar surface area (TPSA) is 81.2 Å². The first kappa shape index (κ1) is 24.9. The summed E-state index contributed by atoms with van der Waals surface area (Å²) in [6.07, 6.45) is 0. The lowest BCUT2D eigenvalue weighted by atomic mass is 11.6. The van der Waals surface area contributed by atoms with Crippen molar-refractivity contribution in [1.82, 2.24) is 0 Å². The van der Waals surface area contributed by atoms with Gasteiger partial charge in [0.1, 0.15) is 0 Å². The van der Waals surface area contributed by atoms with E-state index in [9.17, 15) is 0 Å². The quantitative estimate of drug-likeness (QED) is 0.438. The number of methoxy groups -OCH3 is 1. The van der Waals surface area contributed by atoms with Crippen LogP contribution in [0.3, 0.4) is 0 Å². The van der Waals surface area contributed by atoms with Gasteiger partial charge in [-0.15, -0.1) is 0 Å². The highest BCUT2D eigenvalue weighted by atomic mass is 16.4. The Hall–Kier alpha value is -0.160. The van der Waals surface area contributed by atoms with Gasteiger partial charge in [0.15, 0.2) is 0 Å². The SMILES string of the molecule is CO.CO.COC.O.[2HH]. The summed E-state index contributed by atoms with van der Waals surface area (Å²) < 4.78 is 4.25. The van der Waals surface area contributed by atoms with E-state index in [0.29, 0.717) is 0 Å². The Morgan fingerprint density at radius 2 is 1.00 bits per heavy atom. The van der Waals surface area contributed by atoms with Crippen molar-refractivity contribution in [2.45, 2.75) is 0 Å². The fraction of sp³-hybridized carbons (Fsp3) is 1.00. The Balaban J connectivity index is -0.00000000825. The molecule has 0 unspecified atom stereocenters. The minimum Gasteiger partial charge on any atom is -0.412 e. The molecule has 0 atom stereocenters. The molecular weight excluding hydrogens is 112 g/mol. The lowest BCUT2D eigenvalue weighted by Gasteiger charge is -1.61. The molecule has 0 aliphatic carbocycles. The zero-order valence-electron chi connectivity index (χ0n) is 5.80. The van der Waals surface area contributed by atoms with Gasteiger partial charge in [0.25, 0.3) is 0 Å². The van der Waals surface area contributed by atoms with Gasteiger partial charge in [-0.3, -0.25) is 0 Å². The molecule has 0 saturated carbocycles. The summed E-state index contributed by atoms with van der Waals surface area (Å²) in [6, 6.07) is 0. The van der Waals surface area contributed by atoms with E-state index in [1.807, 2.05) is 0 Å². The van der Waals surface area contributed by atoms with Gasteiger partial charge in [0.2, 0.25) is 0 Å². The molecule has 0 radical (unpaired) electrons. The summed E-state index contributed by atoms with van der Waals surface area (Å²) in [5, 5.41) is 14.0. The van der Waals surface area contributed by atoms with Crippen LogP contribution in [-0.2, 0) is 4.74 Å². The van der Waals surface area contributed by atoms with Crippen molar-refractivity contribution in [3.05, 3.63) is 0 Å². The van der Waals surface area contributed by atoms with Crippen molar-refractivity contribution in [2.24, 2.45) is 0 Å². The fourth-order valence-electron chi connectivity index (χ4n) is 0. The van der Waals surface area contributed by atoms with Crippen molar-refractivity contribution in [2.75, 3.05) is 28.4 Å². The van der Waals surface area contributed by atoms with Crippen molar-refractivity contribution in [3.8, 4) is 0 Å². The predicted octanol–water partition coefficient (Wildman–Crippen LogP) is -1.10. The monoisotopic (exact) mass is 131 g/mol. The number of ether oxygens (including phenoxy) is 1. The third-order valence-corrected chi connectivity index (χ3v) is 0. The molecule has 0 aromatic rings. The van der Waals surface area contributed by atoms with E-state index < -0.39 is 0 Å². The van der Waals surface area contributed by atoms with Crippen LogP contribution in [0.4, 0.5) is 0 Å². The van der Waals surface area contributed by atoms with E-state index in [2.05, 4.69) is 4.74 Å². The van der Waals surface area contributed by atoms with Crippen LogP contribution in [0.2, 0.25) is 0 Å². The highest BCUT2D eigenvalue weighted by Crippen LogP contribution is 1.28. The van der Waals surface area contributed by atoms with Crippen molar-refractivity contribution >= 4 is 0 Å². The molecule has 4 nitrogen and oxygen atoms in total. The molecule has 4 heteroatoms. The lowest BCUT2D eigenvalue weighted by Crippen LogP contribution is -1.55. The lowest BCUT2D eigenvalue weighted by molar-refractivity contribution is 0.277. The number of hydrogen-bond donors (Lipinski definition) is 2. The van der Waals surface area contributed by atoms with E-state index in [1.54, 1.807) is 14.2 Å². The second-order valence-electron chi connectivity index (χ2n) is 0.408. The summed E-state index contributed by atoms with van der Waals surface area (Å²) in [4.78, 5) is 0. The predicted molar refractivity (Wildman–Crippen MR) is 34.9 cm³/mol. The van der Waals surface area contributed by atoms with Crippen LogP contribution in [0.25, 0.3) is 0 Å². The molecule has 0 fully saturated rings. The van der Waals surface area contributed by atoms with Gasteiger partial charge in [-0.1, -0.05) is 0 Å². The van der Waals surface area contributed by atoms with Crippen LogP contribution in [0.1, 0.15) is 1.43 Å². The van der Waals surface area contributed by atoms with Crippen LogP contribution in [0, 0.1) is 0 Å². The molecule has 0 amide bonds. The average molecular weight is 131 g/mol. The smallest absolute Gasteiger partial charge is 0.0351 e. The third kappa shape index (κ3) is 5340. The van der Waals surface area contributed by atoms with Gasteiger partial charge >= 0.3 is 0 Å². The molecule has 8 heavy (non-hydrogen) atoms. The van der Waals surface area contributed by atoms with Crippen LogP contribution in [0.15, 0.2) is 0 Å². The van der Waals surface area contributed by atoms with E-state index in [0.717, 1.165) is 14.2 Å². The van der Waals surface area contributed by atoms with Gasteiger partial charge in [-0.25, -0.2) is 0 Å². The van der Waals surface area contributed by atoms with E-state index in [1.165, 1.54) is 0 Å². The van der Waals surface area contributed by atoms with Crippen molar-refractivity contribution < 1.29 is 21.9 Å². The summed E-state index contributed by atoms with van der Waals surface area (Å²) in [5.74, 6) is 0. The molecule has 0 bridgehead atoms. The molecule has 0 spiro atoms. The van der Waals surface area contributed by atoms with Gasteiger partial charge < -0.3 is 20.4 Å². The Kier molecular flexibility index (Phi) is 1030. The molecule has 0 aromatic carbocycles. The van der Waals surface area contributed by atoms with Gasteiger partial charge in [-0.05, 0) is 0 Å². The second kappa shape index (κ2) is 331. The minimum absolute atomic E-state index is 0. The normalized spacial score (nSPS) is 3.75. The molecule has 0 heterocycles. The highest BCUT2D eigenvalue weighted by molar-refractivity contribution is 3.56. The van der Waals surface area contributed by atoms with Crippen LogP contribution < -0.4 is 0 Å². The fourth-order valence-corrected chi connectivity index (χ4v) is 0. The number of rotatable bonds is 0. The van der Waals surface area contributed by atoms with Gasteiger partial charge in [0, 0.05) is 29.9 Å². The Labute approximate surface area is 51.5 Å². The zero-order chi connectivity index (χ0) is 6.71. The van der Waals surface area contributed by atoms with Crippen LogP contribution in [-0.4, -0.2) is 44.1 Å². The van der Waals surface area contributed by atoms with Crippen molar-refractivity contribution in [1.29, 1.82) is 0 Å². The molecule has 4 N–H and O–H groups in total. The van der Waals surface area contributed by atoms with Gasteiger partial charge in [0.05, 0.1) is 0 Å². The van der Waals surface area contributed by atoms with Crippen LogP contribution in [0.5, 0.6) is 0 Å². The molecular formula is C4H18O4. The Bertz CT molecular complexity index is 12.5. The first-order chi connectivity index (χ1) is 3.41. The van der Waals surface area contributed by atoms with Crippen LogP contribution >= 0.6 is 0 Å². The highest BCUT2D eigenvalue weighted by Gasteiger charge is 1.25. The van der Waals surface area contributed by atoms with Gasteiger partial charge in [-0.2, -0.15) is 0 Å². The zero-order valence-corrected chi connectivity index (χ0v) is 5.80. The Morgan fingerprint density at radius 3 is 1.00 bits per heavy atom. The first-order valence-electron chi connectivity index (χ1n) is 1.71. The molecule has 0 saturated heterocycles. The van der Waals surface area contributed by atoms with E-state index >= 15 is 0 Å². The van der Waals surface area contributed by atoms with E-state index in [4.69, 9.17) is 10.2 Å². The summed E-state index contributed by atoms with van der Waals surface area (Å²) in [6.45, 7) is 0. The summed E-state index contributed by atoms with van der Waals surface area (Å²) in [5.41, 5.74) is 0. The standard InChI is InChI=1S/C2H6O.2CH4O.H2O.H2/c1-3-2;2*1-2;;/h1-2H3;2*2H,1H3;1H2;1H/i;;;;1+1. The largest absolute Gasteiger partial charge is 0.412 e. The number of aliphatic hydroxyl groups is 2. The first-order valence-corrected chi connectivity index (χ1v) is 1.71. The summed E-state index contributed by atoms with van der Waals surface area (Å²) in [7, 11) is 5.25. The third-order valence-electron chi connectivity index (χ3n) is 0. The molecule has 0 aromatic heterocycles. The molecule has 0 rings (SSSR count). The number of aliphatic hydroxyl groups excluding tert-OH is 2. The maximum Gasteiger partial charge on any atom is 0.0351 e. The van der Waals surface area contributed by atoms with E-state index in [-0.39, 0.29) is 6.90 Å². The molecule has 0 aliphatic rings. The summed E-state index contributed by atoms with van der Waals surface area (Å²) >= 11 is 0.